The summed E-state index contributed by atoms with van der Waals surface area (Å²) in [5.41, 5.74) is 1.39. The third-order valence-corrected chi connectivity index (χ3v) is 3.42. The Morgan fingerprint density at radius 3 is 1.78 bits per heavy atom. The zero-order chi connectivity index (χ0) is 6.54. The molecule has 1 saturated carbocycles. The summed E-state index contributed by atoms with van der Waals surface area (Å²) in [6, 6.07) is 0. The Morgan fingerprint density at radius 1 is 1.00 bits per heavy atom. The molecule has 9 heavy (non-hydrogen) atoms. The lowest BCUT2D eigenvalue weighted by Crippen LogP contribution is -2.08. The molecule has 1 fully saturated rings. The zero-order valence-electron chi connectivity index (χ0n) is 6.28. The number of hydrogen-bond acceptors (Lipinski definition) is 0. The lowest BCUT2D eigenvalue weighted by atomic mass is 9.86. The van der Waals surface area contributed by atoms with E-state index in [1.165, 1.54) is 19.3 Å². The molecule has 2 rings (SSSR count). The molecule has 0 aromatic heterocycles. The average molecular weight is 122 g/mol. The van der Waals surface area contributed by atoms with Crippen LogP contribution in [0.1, 0.15) is 33.1 Å². The van der Waals surface area contributed by atoms with Gasteiger partial charge in [0, 0.05) is 0 Å². The van der Waals surface area contributed by atoms with Crippen LogP contribution in [0.4, 0.5) is 0 Å². The van der Waals surface area contributed by atoms with Crippen LogP contribution in [-0.2, 0) is 0 Å². The predicted molar refractivity (Wildman–Crippen MR) is 39.2 cm³/mol. The van der Waals surface area contributed by atoms with Gasteiger partial charge in [-0.3, -0.25) is 0 Å². The summed E-state index contributed by atoms with van der Waals surface area (Å²) >= 11 is 0. The third-order valence-electron chi connectivity index (χ3n) is 3.42. The van der Waals surface area contributed by atoms with E-state index in [4.69, 9.17) is 0 Å². The van der Waals surface area contributed by atoms with Crippen LogP contribution in [0.25, 0.3) is 0 Å². The smallest absolute Gasteiger partial charge is 0.0229 e. The Labute approximate surface area is 57.0 Å². The van der Waals surface area contributed by atoms with Crippen molar-refractivity contribution in [3.8, 4) is 0 Å². The van der Waals surface area contributed by atoms with Crippen molar-refractivity contribution >= 4 is 0 Å². The van der Waals surface area contributed by atoms with Gasteiger partial charge in [0.05, 0.1) is 0 Å². The van der Waals surface area contributed by atoms with E-state index in [-0.39, 0.29) is 0 Å². The normalized spacial score (nSPS) is 54.9. The molecule has 0 aromatic rings. The number of fused-ring (bicyclic) bond motifs is 1. The van der Waals surface area contributed by atoms with E-state index in [1.807, 2.05) is 0 Å². The fourth-order valence-corrected chi connectivity index (χ4v) is 2.14. The van der Waals surface area contributed by atoms with Gasteiger partial charge in [0.15, 0.2) is 0 Å². The zero-order valence-corrected chi connectivity index (χ0v) is 6.28. The fraction of sp³-hybridized carbons (Fsp3) is 0.778. The molecule has 2 unspecified atom stereocenters. The highest BCUT2D eigenvalue weighted by molar-refractivity contribution is 5.18. The van der Waals surface area contributed by atoms with Crippen LogP contribution in [0, 0.1) is 10.8 Å². The van der Waals surface area contributed by atoms with Crippen LogP contribution in [0.2, 0.25) is 0 Å². The van der Waals surface area contributed by atoms with Crippen molar-refractivity contribution in [1.82, 2.24) is 0 Å². The largest absolute Gasteiger partial charge is 0.0880 e. The maximum Gasteiger partial charge on any atom is -0.0229 e. The molecule has 2 atom stereocenters. The molecule has 0 aromatic carbocycles. The summed E-state index contributed by atoms with van der Waals surface area (Å²) in [5.74, 6) is 0. The lowest BCUT2D eigenvalue weighted by molar-refractivity contribution is 0.380. The first kappa shape index (κ1) is 5.52. The molecule has 0 saturated heterocycles. The third kappa shape index (κ3) is 0.540. The Kier molecular flexibility index (Phi) is 0.769. The molecule has 0 aliphatic heterocycles. The number of hydrogen-bond donors (Lipinski definition) is 0. The van der Waals surface area contributed by atoms with Gasteiger partial charge in [-0.2, -0.15) is 0 Å². The van der Waals surface area contributed by atoms with Crippen molar-refractivity contribution in [3.05, 3.63) is 12.2 Å². The van der Waals surface area contributed by atoms with Crippen molar-refractivity contribution in [3.63, 3.8) is 0 Å². The first-order valence-electron chi connectivity index (χ1n) is 3.81. The van der Waals surface area contributed by atoms with Crippen LogP contribution in [-0.4, -0.2) is 0 Å². The van der Waals surface area contributed by atoms with E-state index in [2.05, 4.69) is 26.0 Å². The maximum atomic E-state index is 2.41. The molecule has 0 spiro atoms. The summed E-state index contributed by atoms with van der Waals surface area (Å²) in [5, 5.41) is 0. The molecule has 0 amide bonds. The minimum Gasteiger partial charge on any atom is -0.0880 e. The van der Waals surface area contributed by atoms with Crippen molar-refractivity contribution in [1.29, 1.82) is 0 Å². The SMILES string of the molecule is CC12CC=CCC1(C)C2. The Bertz CT molecular complexity index is 151. The topological polar surface area (TPSA) is 0 Å². The Balaban J connectivity index is 2.27. The first-order valence-corrected chi connectivity index (χ1v) is 3.81. The highest BCUT2D eigenvalue weighted by Gasteiger charge is 2.59. The van der Waals surface area contributed by atoms with Crippen molar-refractivity contribution in [2.45, 2.75) is 33.1 Å². The highest BCUT2D eigenvalue weighted by atomic mass is 14.6. The maximum absolute atomic E-state index is 2.41. The van der Waals surface area contributed by atoms with Crippen LogP contribution < -0.4 is 0 Å². The molecule has 0 heterocycles. The molecule has 0 N–H and O–H groups in total. The quantitative estimate of drug-likeness (QED) is 0.433. The molecular weight excluding hydrogens is 108 g/mol. The first-order chi connectivity index (χ1) is 4.16. The van der Waals surface area contributed by atoms with Gasteiger partial charge in [-0.15, -0.1) is 0 Å². The van der Waals surface area contributed by atoms with E-state index in [0.29, 0.717) is 10.8 Å². The molecule has 0 bridgehead atoms. The van der Waals surface area contributed by atoms with Crippen LogP contribution in [0.3, 0.4) is 0 Å². The van der Waals surface area contributed by atoms with E-state index in [0.717, 1.165) is 0 Å². The summed E-state index contributed by atoms with van der Waals surface area (Å²) in [4.78, 5) is 0. The summed E-state index contributed by atoms with van der Waals surface area (Å²) in [7, 11) is 0. The number of rotatable bonds is 0. The molecule has 2 aliphatic carbocycles. The van der Waals surface area contributed by atoms with Crippen molar-refractivity contribution < 1.29 is 0 Å². The highest BCUT2D eigenvalue weighted by Crippen LogP contribution is 2.69. The van der Waals surface area contributed by atoms with Gasteiger partial charge >= 0.3 is 0 Å². The summed E-state index contributed by atoms with van der Waals surface area (Å²) in [6.45, 7) is 4.83. The Morgan fingerprint density at radius 2 is 1.44 bits per heavy atom. The minimum absolute atomic E-state index is 0.696. The van der Waals surface area contributed by atoms with Gasteiger partial charge in [0.1, 0.15) is 0 Å². The second-order valence-corrected chi connectivity index (χ2v) is 4.18. The van der Waals surface area contributed by atoms with E-state index in [1.54, 1.807) is 0 Å². The molecular formula is C9H14. The van der Waals surface area contributed by atoms with Gasteiger partial charge in [0.25, 0.3) is 0 Å². The molecule has 0 heteroatoms. The van der Waals surface area contributed by atoms with E-state index < -0.39 is 0 Å². The summed E-state index contributed by atoms with van der Waals surface area (Å²) < 4.78 is 0. The van der Waals surface area contributed by atoms with Crippen LogP contribution in [0.15, 0.2) is 12.2 Å². The average Bonchev–Trinajstić information content (AvgIpc) is 2.33. The monoisotopic (exact) mass is 122 g/mol. The molecule has 0 radical (unpaired) electrons. The fourth-order valence-electron chi connectivity index (χ4n) is 2.14. The standard InChI is InChI=1S/C9H14/c1-8-5-3-4-6-9(8,2)7-8/h3-4H,5-7H2,1-2H3. The van der Waals surface area contributed by atoms with Gasteiger partial charge in [-0.25, -0.2) is 0 Å². The molecule has 50 valence electrons. The van der Waals surface area contributed by atoms with Crippen LogP contribution >= 0.6 is 0 Å². The van der Waals surface area contributed by atoms with Gasteiger partial charge in [-0.1, -0.05) is 26.0 Å². The van der Waals surface area contributed by atoms with E-state index in [9.17, 15) is 0 Å². The predicted octanol–water partition coefficient (Wildman–Crippen LogP) is 2.75. The Hall–Kier alpha value is -0.260. The van der Waals surface area contributed by atoms with Gasteiger partial charge < -0.3 is 0 Å². The second kappa shape index (κ2) is 1.25. The van der Waals surface area contributed by atoms with Crippen molar-refractivity contribution in [2.24, 2.45) is 10.8 Å². The van der Waals surface area contributed by atoms with Crippen LogP contribution in [0.5, 0.6) is 0 Å². The second-order valence-electron chi connectivity index (χ2n) is 4.18. The molecule has 0 nitrogen and oxygen atoms in total. The minimum atomic E-state index is 0.696. The van der Waals surface area contributed by atoms with E-state index >= 15 is 0 Å². The van der Waals surface area contributed by atoms with Crippen molar-refractivity contribution in [2.75, 3.05) is 0 Å². The molecule has 2 aliphatic rings. The number of allylic oxidation sites excluding steroid dienone is 2. The summed E-state index contributed by atoms with van der Waals surface area (Å²) in [6.07, 6.45) is 8.78. The van der Waals surface area contributed by atoms with Gasteiger partial charge in [0.2, 0.25) is 0 Å². The lowest BCUT2D eigenvalue weighted by Gasteiger charge is -2.19. The van der Waals surface area contributed by atoms with Gasteiger partial charge in [-0.05, 0) is 30.1 Å².